The Kier molecular flexibility index (Phi) is 3.90. The normalized spacial score (nSPS) is 37.3. The van der Waals surface area contributed by atoms with E-state index < -0.39 is 0 Å². The van der Waals surface area contributed by atoms with Crippen molar-refractivity contribution in [1.82, 2.24) is 15.3 Å². The van der Waals surface area contributed by atoms with Gasteiger partial charge in [-0.15, -0.1) is 0 Å². The van der Waals surface area contributed by atoms with Crippen LogP contribution in [0, 0.1) is 29.6 Å². The van der Waals surface area contributed by atoms with Gasteiger partial charge in [0.15, 0.2) is 0 Å². The van der Waals surface area contributed by atoms with Crippen molar-refractivity contribution in [3.05, 3.63) is 18.5 Å². The van der Waals surface area contributed by atoms with Crippen LogP contribution in [0.25, 0.3) is 0 Å². The number of nitrogens with zero attached hydrogens (tertiary/aromatic N) is 3. The van der Waals surface area contributed by atoms with E-state index in [-0.39, 0.29) is 5.92 Å². The van der Waals surface area contributed by atoms with Gasteiger partial charge < -0.3 is 10.2 Å². The highest BCUT2D eigenvalue weighted by atomic mass is 16.2. The van der Waals surface area contributed by atoms with E-state index >= 15 is 0 Å². The van der Waals surface area contributed by atoms with Crippen LogP contribution in [0.1, 0.15) is 44.9 Å². The summed E-state index contributed by atoms with van der Waals surface area (Å²) < 4.78 is 0. The SMILES string of the molecule is O=C(N[C@@H]1C[C@H]2C[C@H]1[C@@H]1CCC[C@@H]21)C1CCN(c2ncccn2)CC1. The van der Waals surface area contributed by atoms with Crippen molar-refractivity contribution in [2.45, 2.75) is 51.0 Å². The third-order valence-electron chi connectivity index (χ3n) is 7.46. The summed E-state index contributed by atoms with van der Waals surface area (Å²) in [5, 5.41) is 3.46. The van der Waals surface area contributed by atoms with Crippen LogP contribution < -0.4 is 10.2 Å². The van der Waals surface area contributed by atoms with E-state index in [0.717, 1.165) is 55.6 Å². The molecule has 4 fully saturated rings. The lowest BCUT2D eigenvalue weighted by Gasteiger charge is -2.35. The zero-order chi connectivity index (χ0) is 16.8. The van der Waals surface area contributed by atoms with Crippen LogP contribution in [0.15, 0.2) is 18.5 Å². The molecule has 5 nitrogen and oxygen atoms in total. The first-order valence-electron chi connectivity index (χ1n) is 10.1. The largest absolute Gasteiger partial charge is 0.353 e. The Balaban J connectivity index is 1.15. The van der Waals surface area contributed by atoms with Crippen LogP contribution >= 0.6 is 0 Å². The number of carbonyl (C=O) groups excluding carboxylic acids is 1. The predicted molar refractivity (Wildman–Crippen MR) is 95.9 cm³/mol. The molecule has 0 radical (unpaired) electrons. The molecule has 1 saturated heterocycles. The Morgan fingerprint density at radius 2 is 1.76 bits per heavy atom. The zero-order valence-corrected chi connectivity index (χ0v) is 14.8. The number of amides is 1. The first kappa shape index (κ1) is 15.6. The van der Waals surface area contributed by atoms with Gasteiger partial charge in [0, 0.05) is 37.4 Å². The highest BCUT2D eigenvalue weighted by Crippen LogP contribution is 2.58. The van der Waals surface area contributed by atoms with Crippen LogP contribution in [0.2, 0.25) is 0 Å². The molecule has 0 aromatic carbocycles. The number of piperidine rings is 1. The number of hydrogen-bond donors (Lipinski definition) is 1. The van der Waals surface area contributed by atoms with Gasteiger partial charge in [-0.3, -0.25) is 4.79 Å². The summed E-state index contributed by atoms with van der Waals surface area (Å²) in [5.41, 5.74) is 0. The standard InChI is InChI=1S/C20H28N4O/c25-19(13-5-9-24(10-6-13)20-21-7-2-8-22-20)23-18-12-14-11-17(18)16-4-1-3-15(14)16/h2,7-8,13-18H,1,3-6,9-12H2,(H,23,25)/t14-,15+,16-,17+,18-/m1/s1. The molecule has 3 saturated carbocycles. The lowest BCUT2D eigenvalue weighted by molar-refractivity contribution is -0.126. The summed E-state index contributed by atoms with van der Waals surface area (Å²) in [6.45, 7) is 1.76. The molecule has 5 rings (SSSR count). The average Bonchev–Trinajstić information content (AvgIpc) is 3.36. The van der Waals surface area contributed by atoms with Gasteiger partial charge in [0.25, 0.3) is 0 Å². The number of aromatic nitrogens is 2. The Labute approximate surface area is 149 Å². The topological polar surface area (TPSA) is 58.1 Å². The molecule has 25 heavy (non-hydrogen) atoms. The van der Waals surface area contributed by atoms with E-state index in [2.05, 4.69) is 20.2 Å². The number of nitrogens with one attached hydrogen (secondary N) is 1. The second-order valence-electron chi connectivity index (χ2n) is 8.58. The van der Waals surface area contributed by atoms with Gasteiger partial charge in [0.1, 0.15) is 0 Å². The van der Waals surface area contributed by atoms with Gasteiger partial charge in [0.2, 0.25) is 11.9 Å². The Morgan fingerprint density at radius 3 is 2.56 bits per heavy atom. The fourth-order valence-corrected chi connectivity index (χ4v) is 6.33. The number of fused-ring (bicyclic) bond motifs is 5. The smallest absolute Gasteiger partial charge is 0.225 e. The second-order valence-corrected chi connectivity index (χ2v) is 8.58. The molecule has 1 amide bonds. The fraction of sp³-hybridized carbons (Fsp3) is 0.750. The molecule has 2 bridgehead atoms. The summed E-state index contributed by atoms with van der Waals surface area (Å²) in [4.78, 5) is 23.7. The Bertz CT molecular complexity index is 628. The molecule has 4 aliphatic rings. The summed E-state index contributed by atoms with van der Waals surface area (Å²) >= 11 is 0. The summed E-state index contributed by atoms with van der Waals surface area (Å²) in [7, 11) is 0. The van der Waals surface area contributed by atoms with Gasteiger partial charge in [-0.25, -0.2) is 9.97 Å². The molecule has 1 aliphatic heterocycles. The minimum Gasteiger partial charge on any atom is -0.353 e. The molecule has 0 spiro atoms. The molecule has 5 heteroatoms. The van der Waals surface area contributed by atoms with Gasteiger partial charge in [-0.1, -0.05) is 6.42 Å². The van der Waals surface area contributed by atoms with Crippen molar-refractivity contribution in [3.8, 4) is 0 Å². The van der Waals surface area contributed by atoms with E-state index in [1.165, 1.54) is 32.1 Å². The highest BCUT2D eigenvalue weighted by molar-refractivity contribution is 5.79. The third kappa shape index (κ3) is 2.72. The monoisotopic (exact) mass is 340 g/mol. The minimum absolute atomic E-state index is 0.165. The van der Waals surface area contributed by atoms with Crippen molar-refractivity contribution >= 4 is 11.9 Å². The zero-order valence-electron chi connectivity index (χ0n) is 14.8. The van der Waals surface area contributed by atoms with Crippen molar-refractivity contribution in [1.29, 1.82) is 0 Å². The van der Waals surface area contributed by atoms with Gasteiger partial charge in [-0.2, -0.15) is 0 Å². The molecule has 0 unspecified atom stereocenters. The van der Waals surface area contributed by atoms with Crippen LogP contribution in [0.4, 0.5) is 5.95 Å². The van der Waals surface area contributed by atoms with Gasteiger partial charge >= 0.3 is 0 Å². The van der Waals surface area contributed by atoms with E-state index in [1.807, 2.05) is 6.07 Å². The Hall–Kier alpha value is -1.65. The molecule has 2 heterocycles. The highest BCUT2D eigenvalue weighted by Gasteiger charge is 2.54. The fourth-order valence-electron chi connectivity index (χ4n) is 6.33. The maximum Gasteiger partial charge on any atom is 0.225 e. The maximum atomic E-state index is 12.8. The lowest BCUT2D eigenvalue weighted by Crippen LogP contribution is -2.47. The average molecular weight is 340 g/mol. The van der Waals surface area contributed by atoms with E-state index in [4.69, 9.17) is 0 Å². The number of anilines is 1. The first-order valence-corrected chi connectivity index (χ1v) is 10.1. The molecule has 1 N–H and O–H groups in total. The molecular weight excluding hydrogens is 312 g/mol. The number of hydrogen-bond acceptors (Lipinski definition) is 4. The lowest BCUT2D eigenvalue weighted by atomic mass is 9.79. The molecule has 3 aliphatic carbocycles. The van der Waals surface area contributed by atoms with Crippen LogP contribution in [0.3, 0.4) is 0 Å². The molecular formula is C20H28N4O. The van der Waals surface area contributed by atoms with Crippen LogP contribution in [0.5, 0.6) is 0 Å². The van der Waals surface area contributed by atoms with E-state index in [0.29, 0.717) is 11.9 Å². The number of carbonyl (C=O) groups is 1. The third-order valence-corrected chi connectivity index (χ3v) is 7.46. The van der Waals surface area contributed by atoms with Gasteiger partial charge in [0.05, 0.1) is 0 Å². The molecule has 1 aromatic rings. The predicted octanol–water partition coefficient (Wildman–Crippen LogP) is 2.63. The Morgan fingerprint density at radius 1 is 1.00 bits per heavy atom. The maximum absolute atomic E-state index is 12.8. The van der Waals surface area contributed by atoms with Crippen LogP contribution in [-0.2, 0) is 4.79 Å². The van der Waals surface area contributed by atoms with Gasteiger partial charge in [-0.05, 0) is 68.3 Å². The number of rotatable bonds is 3. The molecule has 134 valence electrons. The molecule has 5 atom stereocenters. The van der Waals surface area contributed by atoms with Crippen molar-refractivity contribution < 1.29 is 4.79 Å². The van der Waals surface area contributed by atoms with Crippen molar-refractivity contribution in [3.63, 3.8) is 0 Å². The summed E-state index contributed by atoms with van der Waals surface area (Å²) in [6, 6.07) is 2.31. The summed E-state index contributed by atoms with van der Waals surface area (Å²) in [5.74, 6) is 4.86. The quantitative estimate of drug-likeness (QED) is 0.919. The van der Waals surface area contributed by atoms with E-state index in [1.54, 1.807) is 12.4 Å². The minimum atomic E-state index is 0.165. The molecule has 1 aromatic heterocycles. The second kappa shape index (κ2) is 6.26. The van der Waals surface area contributed by atoms with E-state index in [9.17, 15) is 4.79 Å². The first-order chi connectivity index (χ1) is 12.3. The summed E-state index contributed by atoms with van der Waals surface area (Å²) in [6.07, 6.45) is 12.3. The van der Waals surface area contributed by atoms with Crippen molar-refractivity contribution in [2.24, 2.45) is 29.6 Å². The van der Waals surface area contributed by atoms with Crippen LogP contribution in [-0.4, -0.2) is 35.0 Å². The van der Waals surface area contributed by atoms with Crippen molar-refractivity contribution in [2.75, 3.05) is 18.0 Å².